The number of nitrogens with one attached hydrogen (secondary N) is 1. The second-order valence-electron chi connectivity index (χ2n) is 4.35. The van der Waals surface area contributed by atoms with Crippen LogP contribution < -0.4 is 10.1 Å². The summed E-state index contributed by atoms with van der Waals surface area (Å²) in [6, 6.07) is 4.08. The van der Waals surface area contributed by atoms with Crippen LogP contribution >= 0.6 is 0 Å². The number of hydrogen-bond donors (Lipinski definition) is 1. The van der Waals surface area contributed by atoms with Crippen LogP contribution in [0.2, 0.25) is 0 Å². The van der Waals surface area contributed by atoms with E-state index in [2.05, 4.69) is 5.32 Å². The molecular formula is C13H12F3NO3. The Hall–Kier alpha value is -2.05. The summed E-state index contributed by atoms with van der Waals surface area (Å²) in [5.41, 5.74) is 0.244. The topological polar surface area (TPSA) is 55.4 Å². The molecule has 1 aromatic rings. The van der Waals surface area contributed by atoms with Gasteiger partial charge in [0, 0.05) is 12.0 Å². The summed E-state index contributed by atoms with van der Waals surface area (Å²) in [5, 5.41) is 2.57. The zero-order chi connectivity index (χ0) is 14.8. The molecule has 0 spiro atoms. The van der Waals surface area contributed by atoms with Crippen LogP contribution in [0.15, 0.2) is 18.2 Å². The summed E-state index contributed by atoms with van der Waals surface area (Å²) in [4.78, 5) is 23.4. The molecule has 0 atom stereocenters. The smallest absolute Gasteiger partial charge is 0.389 e. The molecule has 0 aromatic heterocycles. The molecule has 0 aliphatic carbocycles. The fourth-order valence-electron chi connectivity index (χ4n) is 1.83. The van der Waals surface area contributed by atoms with E-state index in [1.165, 1.54) is 18.2 Å². The SMILES string of the molecule is O=C(CCC(F)(F)F)c1ccc2c(c1)C(=O)NCCO2. The van der Waals surface area contributed by atoms with E-state index in [1.807, 2.05) is 0 Å². The number of amides is 1. The third kappa shape index (κ3) is 3.49. The van der Waals surface area contributed by atoms with Gasteiger partial charge in [-0.3, -0.25) is 9.59 Å². The number of ether oxygens (including phenoxy) is 1. The number of ketones is 1. The number of benzene rings is 1. The fraction of sp³-hybridized carbons (Fsp3) is 0.385. The molecule has 1 heterocycles. The monoisotopic (exact) mass is 287 g/mol. The molecule has 0 saturated carbocycles. The quantitative estimate of drug-likeness (QED) is 0.868. The van der Waals surface area contributed by atoms with Crippen molar-refractivity contribution in [3.63, 3.8) is 0 Å². The Bertz CT molecular complexity index is 540. The maximum Gasteiger partial charge on any atom is 0.389 e. The highest BCUT2D eigenvalue weighted by Crippen LogP contribution is 2.25. The first kappa shape index (κ1) is 14.4. The average Bonchev–Trinajstić information content (AvgIpc) is 2.57. The number of alkyl halides is 3. The lowest BCUT2D eigenvalue weighted by molar-refractivity contribution is -0.133. The fourth-order valence-corrected chi connectivity index (χ4v) is 1.83. The predicted molar refractivity (Wildman–Crippen MR) is 63.9 cm³/mol. The van der Waals surface area contributed by atoms with Gasteiger partial charge < -0.3 is 10.1 Å². The first-order valence-corrected chi connectivity index (χ1v) is 6.02. The molecular weight excluding hydrogens is 275 g/mol. The Morgan fingerprint density at radius 3 is 2.80 bits per heavy atom. The number of carbonyl (C=O) groups excluding carboxylic acids is 2. The van der Waals surface area contributed by atoms with E-state index < -0.39 is 30.7 Å². The van der Waals surface area contributed by atoms with Crippen molar-refractivity contribution in [1.29, 1.82) is 0 Å². The molecule has 1 N–H and O–H groups in total. The molecule has 2 rings (SSSR count). The molecule has 108 valence electrons. The minimum absolute atomic E-state index is 0.0775. The van der Waals surface area contributed by atoms with Crippen molar-refractivity contribution in [3.8, 4) is 5.75 Å². The molecule has 0 bridgehead atoms. The van der Waals surface area contributed by atoms with Crippen LogP contribution in [-0.4, -0.2) is 31.0 Å². The number of hydrogen-bond acceptors (Lipinski definition) is 3. The Morgan fingerprint density at radius 2 is 2.10 bits per heavy atom. The van der Waals surface area contributed by atoms with Crippen LogP contribution in [0.5, 0.6) is 5.75 Å². The Balaban J connectivity index is 2.18. The molecule has 0 fully saturated rings. The minimum atomic E-state index is -4.37. The zero-order valence-corrected chi connectivity index (χ0v) is 10.4. The van der Waals surface area contributed by atoms with Gasteiger partial charge in [0.2, 0.25) is 0 Å². The summed E-state index contributed by atoms with van der Waals surface area (Å²) < 4.78 is 41.5. The Kier molecular flexibility index (Phi) is 3.96. The van der Waals surface area contributed by atoms with Crippen LogP contribution in [0.25, 0.3) is 0 Å². The average molecular weight is 287 g/mol. The first-order valence-electron chi connectivity index (χ1n) is 6.02. The van der Waals surface area contributed by atoms with E-state index in [0.717, 1.165) is 0 Å². The largest absolute Gasteiger partial charge is 0.491 e. The number of fused-ring (bicyclic) bond motifs is 1. The van der Waals surface area contributed by atoms with Gasteiger partial charge in [0.1, 0.15) is 12.4 Å². The lowest BCUT2D eigenvalue weighted by Crippen LogP contribution is -2.24. The minimum Gasteiger partial charge on any atom is -0.491 e. The van der Waals surface area contributed by atoms with Crippen molar-refractivity contribution in [2.45, 2.75) is 19.0 Å². The molecule has 1 aliphatic heterocycles. The van der Waals surface area contributed by atoms with Gasteiger partial charge in [-0.05, 0) is 18.2 Å². The number of rotatable bonds is 3. The second kappa shape index (κ2) is 5.52. The molecule has 20 heavy (non-hydrogen) atoms. The van der Waals surface area contributed by atoms with Crippen LogP contribution in [-0.2, 0) is 0 Å². The van der Waals surface area contributed by atoms with E-state index in [1.54, 1.807) is 0 Å². The summed E-state index contributed by atoms with van der Waals surface area (Å²) in [6.45, 7) is 0.644. The Morgan fingerprint density at radius 1 is 1.35 bits per heavy atom. The van der Waals surface area contributed by atoms with Gasteiger partial charge in [0.25, 0.3) is 5.91 Å². The highest BCUT2D eigenvalue weighted by molar-refractivity contribution is 6.02. The Labute approximate surface area is 112 Å². The van der Waals surface area contributed by atoms with Gasteiger partial charge in [-0.2, -0.15) is 13.2 Å². The van der Waals surface area contributed by atoms with E-state index in [4.69, 9.17) is 4.74 Å². The standard InChI is InChI=1S/C13H12F3NO3/c14-13(15,16)4-3-10(18)8-1-2-11-9(7-8)12(19)17-5-6-20-11/h1-2,7H,3-6H2,(H,17,19). The van der Waals surface area contributed by atoms with Crippen molar-refractivity contribution < 1.29 is 27.5 Å². The van der Waals surface area contributed by atoms with Crippen LogP contribution in [0.3, 0.4) is 0 Å². The van der Waals surface area contributed by atoms with Crippen LogP contribution in [0.4, 0.5) is 13.2 Å². The van der Waals surface area contributed by atoms with Gasteiger partial charge >= 0.3 is 6.18 Å². The predicted octanol–water partition coefficient (Wildman–Crippen LogP) is 2.33. The highest BCUT2D eigenvalue weighted by Gasteiger charge is 2.28. The van der Waals surface area contributed by atoms with Gasteiger partial charge in [-0.1, -0.05) is 0 Å². The van der Waals surface area contributed by atoms with Gasteiger partial charge in [-0.15, -0.1) is 0 Å². The summed E-state index contributed by atoms with van der Waals surface area (Å²) >= 11 is 0. The summed E-state index contributed by atoms with van der Waals surface area (Å²) in [5.74, 6) is -0.725. The van der Waals surface area contributed by atoms with E-state index >= 15 is 0 Å². The summed E-state index contributed by atoms with van der Waals surface area (Å²) in [7, 11) is 0. The van der Waals surface area contributed by atoms with E-state index in [9.17, 15) is 22.8 Å². The maximum absolute atomic E-state index is 12.1. The molecule has 1 aliphatic rings. The van der Waals surface area contributed by atoms with Gasteiger partial charge in [0.15, 0.2) is 5.78 Å². The normalized spacial score (nSPS) is 14.8. The van der Waals surface area contributed by atoms with Crippen molar-refractivity contribution in [1.82, 2.24) is 5.32 Å². The van der Waals surface area contributed by atoms with Crippen molar-refractivity contribution in [2.24, 2.45) is 0 Å². The number of Topliss-reactive ketones (excluding diaryl/α,β-unsaturated/α-hetero) is 1. The lowest BCUT2D eigenvalue weighted by Gasteiger charge is -2.08. The van der Waals surface area contributed by atoms with E-state index in [-0.39, 0.29) is 11.1 Å². The maximum atomic E-state index is 12.1. The second-order valence-corrected chi connectivity index (χ2v) is 4.35. The number of carbonyl (C=O) groups is 2. The third-order valence-corrected chi connectivity index (χ3v) is 2.83. The highest BCUT2D eigenvalue weighted by atomic mass is 19.4. The lowest BCUT2D eigenvalue weighted by atomic mass is 10.0. The molecule has 1 amide bonds. The number of halogens is 3. The van der Waals surface area contributed by atoms with Gasteiger partial charge in [0.05, 0.1) is 18.5 Å². The van der Waals surface area contributed by atoms with Crippen molar-refractivity contribution in [2.75, 3.05) is 13.2 Å². The molecule has 7 heteroatoms. The summed E-state index contributed by atoms with van der Waals surface area (Å²) in [6.07, 6.45) is -6.18. The molecule has 0 unspecified atom stereocenters. The molecule has 1 aromatic carbocycles. The third-order valence-electron chi connectivity index (χ3n) is 2.83. The van der Waals surface area contributed by atoms with Crippen LogP contribution in [0.1, 0.15) is 33.6 Å². The van der Waals surface area contributed by atoms with Crippen molar-refractivity contribution in [3.05, 3.63) is 29.3 Å². The zero-order valence-electron chi connectivity index (χ0n) is 10.4. The molecule has 0 saturated heterocycles. The molecule has 4 nitrogen and oxygen atoms in total. The molecule has 0 radical (unpaired) electrons. The first-order chi connectivity index (χ1) is 9.37. The van der Waals surface area contributed by atoms with Crippen molar-refractivity contribution >= 4 is 11.7 Å². The van der Waals surface area contributed by atoms with E-state index in [0.29, 0.717) is 18.9 Å². The van der Waals surface area contributed by atoms with Gasteiger partial charge in [-0.25, -0.2) is 0 Å². The van der Waals surface area contributed by atoms with Crippen LogP contribution in [0, 0.1) is 0 Å².